The SMILES string of the molecule is C=C1NC(c2ccc(-c3cccc(NCC(=O)O)c3)cc2OCCN2CCCC2)=NC(N)=C1N. The van der Waals surface area contributed by atoms with Crippen LogP contribution in [-0.4, -0.2) is 54.6 Å². The highest BCUT2D eigenvalue weighted by Crippen LogP contribution is 2.30. The number of aliphatic carboxylic acids is 1. The lowest BCUT2D eigenvalue weighted by atomic mass is 10.0. The van der Waals surface area contributed by atoms with E-state index in [4.69, 9.17) is 21.3 Å². The molecule has 0 aliphatic carbocycles. The third-order valence-corrected chi connectivity index (χ3v) is 5.84. The van der Waals surface area contributed by atoms with E-state index in [0.29, 0.717) is 29.6 Å². The van der Waals surface area contributed by atoms with E-state index in [2.05, 4.69) is 27.1 Å². The molecule has 1 saturated heterocycles. The summed E-state index contributed by atoms with van der Waals surface area (Å²) in [4.78, 5) is 17.7. The van der Waals surface area contributed by atoms with Crippen LogP contribution in [0.4, 0.5) is 5.69 Å². The number of carboxylic acid groups (broad SMARTS) is 1. The first-order chi connectivity index (χ1) is 16.4. The number of amidine groups is 1. The van der Waals surface area contributed by atoms with Gasteiger partial charge >= 0.3 is 5.97 Å². The molecule has 0 radical (unpaired) electrons. The number of nitrogens with two attached hydrogens (primary N) is 2. The van der Waals surface area contributed by atoms with Gasteiger partial charge in [-0.25, -0.2) is 4.99 Å². The molecule has 0 saturated carbocycles. The van der Waals surface area contributed by atoms with Crippen LogP contribution in [-0.2, 0) is 4.79 Å². The van der Waals surface area contributed by atoms with E-state index in [0.717, 1.165) is 42.0 Å². The maximum Gasteiger partial charge on any atom is 0.322 e. The Morgan fingerprint density at radius 2 is 1.94 bits per heavy atom. The molecule has 2 heterocycles. The second-order valence-corrected chi connectivity index (χ2v) is 8.30. The molecule has 1 fully saturated rings. The van der Waals surface area contributed by atoms with Crippen molar-refractivity contribution in [3.8, 4) is 16.9 Å². The summed E-state index contributed by atoms with van der Waals surface area (Å²) in [5.41, 5.74) is 16.0. The van der Waals surface area contributed by atoms with Gasteiger partial charge in [0.05, 0.1) is 17.0 Å². The molecule has 2 aliphatic heterocycles. The number of likely N-dealkylation sites (tertiary alicyclic amines) is 1. The van der Waals surface area contributed by atoms with E-state index in [1.807, 2.05) is 42.5 Å². The number of ether oxygens (including phenoxy) is 1. The summed E-state index contributed by atoms with van der Waals surface area (Å²) in [5, 5.41) is 15.0. The number of carboxylic acids is 1. The molecule has 4 rings (SSSR count). The Balaban J connectivity index is 1.63. The molecule has 0 amide bonds. The van der Waals surface area contributed by atoms with E-state index in [1.165, 1.54) is 12.8 Å². The highest BCUT2D eigenvalue weighted by molar-refractivity contribution is 6.04. The summed E-state index contributed by atoms with van der Waals surface area (Å²) in [6.45, 7) is 7.35. The lowest BCUT2D eigenvalue weighted by molar-refractivity contribution is -0.134. The van der Waals surface area contributed by atoms with Gasteiger partial charge in [-0.3, -0.25) is 9.69 Å². The van der Waals surface area contributed by atoms with Gasteiger partial charge in [-0.1, -0.05) is 24.8 Å². The fraction of sp³-hybridized carbons (Fsp3) is 0.280. The summed E-state index contributed by atoms with van der Waals surface area (Å²) in [7, 11) is 0. The number of nitrogens with one attached hydrogen (secondary N) is 2. The van der Waals surface area contributed by atoms with Crippen molar-refractivity contribution in [3.63, 3.8) is 0 Å². The van der Waals surface area contributed by atoms with E-state index in [9.17, 15) is 4.79 Å². The van der Waals surface area contributed by atoms with Crippen LogP contribution in [0.3, 0.4) is 0 Å². The lowest BCUT2D eigenvalue weighted by Crippen LogP contribution is -2.33. The van der Waals surface area contributed by atoms with Gasteiger partial charge in [-0.2, -0.15) is 0 Å². The van der Waals surface area contributed by atoms with Crippen LogP contribution in [0.2, 0.25) is 0 Å². The molecule has 2 aromatic carbocycles. The Morgan fingerprint density at radius 1 is 1.18 bits per heavy atom. The van der Waals surface area contributed by atoms with Crippen molar-refractivity contribution in [2.75, 3.05) is 38.1 Å². The molecule has 34 heavy (non-hydrogen) atoms. The molecule has 0 atom stereocenters. The summed E-state index contributed by atoms with van der Waals surface area (Å²) in [5.74, 6) is 0.479. The largest absolute Gasteiger partial charge is 0.491 e. The van der Waals surface area contributed by atoms with Gasteiger partial charge in [-0.15, -0.1) is 0 Å². The Hall–Kier alpha value is -3.98. The average molecular weight is 463 g/mol. The third kappa shape index (κ3) is 5.49. The quantitative estimate of drug-likeness (QED) is 0.383. The van der Waals surface area contributed by atoms with Gasteiger partial charge in [0, 0.05) is 12.2 Å². The predicted octanol–water partition coefficient (Wildman–Crippen LogP) is 2.27. The molecule has 2 aromatic rings. The molecule has 0 aromatic heterocycles. The summed E-state index contributed by atoms with van der Waals surface area (Å²) in [6.07, 6.45) is 2.45. The number of anilines is 1. The van der Waals surface area contributed by atoms with Gasteiger partial charge in [0.25, 0.3) is 0 Å². The number of aliphatic imine (C=N–C) groups is 1. The normalized spacial score (nSPS) is 16.2. The van der Waals surface area contributed by atoms with Crippen molar-refractivity contribution in [3.05, 3.63) is 71.8 Å². The Bertz CT molecular complexity index is 1150. The van der Waals surface area contributed by atoms with Crippen molar-refractivity contribution < 1.29 is 14.6 Å². The average Bonchev–Trinajstić information content (AvgIpc) is 3.34. The van der Waals surface area contributed by atoms with Crippen molar-refractivity contribution in [1.29, 1.82) is 0 Å². The standard InChI is InChI=1S/C25H30N6O3/c1-16-23(26)24(27)30-25(29-16)20-8-7-18(14-21(20)34-12-11-31-9-2-3-10-31)17-5-4-6-19(13-17)28-15-22(32)33/h4-8,13-14,28H,1-3,9-12,15,26-27H2,(H,29,30)(H,32,33). The highest BCUT2D eigenvalue weighted by Gasteiger charge is 2.20. The lowest BCUT2D eigenvalue weighted by Gasteiger charge is -2.22. The first kappa shape index (κ1) is 23.2. The van der Waals surface area contributed by atoms with Crippen LogP contribution in [0.1, 0.15) is 18.4 Å². The Kier molecular flexibility index (Phi) is 7.03. The van der Waals surface area contributed by atoms with Gasteiger partial charge in [-0.05, 0) is 61.3 Å². The van der Waals surface area contributed by atoms with Crippen LogP contribution in [0.5, 0.6) is 5.75 Å². The van der Waals surface area contributed by atoms with Gasteiger partial charge in [0.1, 0.15) is 24.7 Å². The summed E-state index contributed by atoms with van der Waals surface area (Å²) in [6, 6.07) is 13.4. The topological polar surface area (TPSA) is 138 Å². The molecule has 0 bridgehead atoms. The minimum absolute atomic E-state index is 0.152. The molecule has 2 aliphatic rings. The van der Waals surface area contributed by atoms with Gasteiger partial charge in [0.15, 0.2) is 5.82 Å². The fourth-order valence-electron chi connectivity index (χ4n) is 4.00. The van der Waals surface area contributed by atoms with Crippen LogP contribution in [0.15, 0.2) is 71.3 Å². The van der Waals surface area contributed by atoms with Crippen LogP contribution in [0.25, 0.3) is 11.1 Å². The summed E-state index contributed by atoms with van der Waals surface area (Å²) >= 11 is 0. The van der Waals surface area contributed by atoms with Crippen molar-refractivity contribution in [1.82, 2.24) is 10.2 Å². The second-order valence-electron chi connectivity index (χ2n) is 8.30. The van der Waals surface area contributed by atoms with Crippen molar-refractivity contribution in [2.24, 2.45) is 16.5 Å². The number of rotatable bonds is 9. The smallest absolute Gasteiger partial charge is 0.322 e. The highest BCUT2D eigenvalue weighted by atomic mass is 16.5. The first-order valence-corrected chi connectivity index (χ1v) is 11.3. The molecule has 9 nitrogen and oxygen atoms in total. The maximum atomic E-state index is 10.9. The van der Waals surface area contributed by atoms with E-state index >= 15 is 0 Å². The molecule has 0 spiro atoms. The number of hydrogen-bond donors (Lipinski definition) is 5. The minimum atomic E-state index is -0.917. The number of carbonyl (C=O) groups is 1. The fourth-order valence-corrected chi connectivity index (χ4v) is 4.00. The molecular weight excluding hydrogens is 432 g/mol. The minimum Gasteiger partial charge on any atom is -0.491 e. The van der Waals surface area contributed by atoms with Crippen LogP contribution >= 0.6 is 0 Å². The molecule has 0 unspecified atom stereocenters. The maximum absolute atomic E-state index is 10.9. The van der Waals surface area contributed by atoms with E-state index < -0.39 is 5.97 Å². The van der Waals surface area contributed by atoms with Crippen LogP contribution < -0.4 is 26.8 Å². The zero-order valence-electron chi connectivity index (χ0n) is 19.0. The first-order valence-electron chi connectivity index (χ1n) is 11.3. The molecule has 7 N–H and O–H groups in total. The van der Waals surface area contributed by atoms with Gasteiger partial charge < -0.3 is 31.9 Å². The van der Waals surface area contributed by atoms with Crippen molar-refractivity contribution >= 4 is 17.5 Å². The Morgan fingerprint density at radius 3 is 2.68 bits per heavy atom. The third-order valence-electron chi connectivity index (χ3n) is 5.84. The Labute approximate surface area is 198 Å². The number of benzene rings is 2. The van der Waals surface area contributed by atoms with Crippen molar-refractivity contribution in [2.45, 2.75) is 12.8 Å². The monoisotopic (exact) mass is 462 g/mol. The molecule has 178 valence electrons. The zero-order valence-corrected chi connectivity index (χ0v) is 19.0. The predicted molar refractivity (Wildman–Crippen MR) is 133 cm³/mol. The van der Waals surface area contributed by atoms with E-state index in [-0.39, 0.29) is 12.4 Å². The second kappa shape index (κ2) is 10.3. The van der Waals surface area contributed by atoms with E-state index in [1.54, 1.807) is 0 Å². The van der Waals surface area contributed by atoms with Gasteiger partial charge in [0.2, 0.25) is 0 Å². The molecule has 9 heteroatoms. The summed E-state index contributed by atoms with van der Waals surface area (Å²) < 4.78 is 6.25. The number of nitrogens with zero attached hydrogens (tertiary/aromatic N) is 2. The zero-order chi connectivity index (χ0) is 24.1. The molecular formula is C25H30N6O3. The van der Waals surface area contributed by atoms with Crippen LogP contribution in [0, 0.1) is 0 Å². The number of hydrogen-bond acceptors (Lipinski definition) is 8.